The van der Waals surface area contributed by atoms with Crippen molar-refractivity contribution in [2.45, 2.75) is 12.7 Å². The molecule has 0 aliphatic rings. The molecule has 0 unspecified atom stereocenters. The summed E-state index contributed by atoms with van der Waals surface area (Å²) in [7, 11) is 0. The van der Waals surface area contributed by atoms with E-state index in [1.165, 1.54) is 11.3 Å². The van der Waals surface area contributed by atoms with E-state index in [1.54, 1.807) is 6.07 Å². The van der Waals surface area contributed by atoms with E-state index in [0.29, 0.717) is 10.9 Å². The quantitative estimate of drug-likeness (QED) is 0.905. The van der Waals surface area contributed by atoms with Crippen molar-refractivity contribution >= 4 is 28.8 Å². The topological polar surface area (TPSA) is 24.9 Å². The maximum absolute atomic E-state index is 12.5. The van der Waals surface area contributed by atoms with Crippen molar-refractivity contribution in [3.63, 3.8) is 0 Å². The van der Waals surface area contributed by atoms with Crippen LogP contribution in [0, 0.1) is 0 Å². The van der Waals surface area contributed by atoms with Gasteiger partial charge in [-0.25, -0.2) is 4.98 Å². The van der Waals surface area contributed by atoms with Crippen LogP contribution in [0.25, 0.3) is 0 Å². The average Bonchev–Trinajstić information content (AvgIpc) is 2.72. The van der Waals surface area contributed by atoms with Gasteiger partial charge in [0.2, 0.25) is 0 Å². The minimum absolute atomic E-state index is 0.189. The molecule has 2 aromatic heterocycles. The Morgan fingerprint density at radius 2 is 2.06 bits per heavy atom. The van der Waals surface area contributed by atoms with Gasteiger partial charge in [0.05, 0.1) is 16.4 Å². The first-order chi connectivity index (χ1) is 8.45. The average molecular weight is 293 g/mol. The van der Waals surface area contributed by atoms with Crippen LogP contribution < -0.4 is 5.32 Å². The molecular weight excluding hydrogens is 285 g/mol. The zero-order valence-electron chi connectivity index (χ0n) is 8.96. The predicted molar refractivity (Wildman–Crippen MR) is 65.9 cm³/mol. The number of thiophene rings is 1. The van der Waals surface area contributed by atoms with Gasteiger partial charge >= 0.3 is 6.18 Å². The molecule has 0 saturated heterocycles. The van der Waals surface area contributed by atoms with Crippen molar-refractivity contribution in [3.8, 4) is 0 Å². The third-order valence-electron chi connectivity index (χ3n) is 2.16. The van der Waals surface area contributed by atoms with E-state index in [4.69, 9.17) is 11.6 Å². The lowest BCUT2D eigenvalue weighted by Crippen LogP contribution is -2.07. The molecule has 2 aromatic rings. The van der Waals surface area contributed by atoms with Crippen LogP contribution in [0.15, 0.2) is 30.5 Å². The van der Waals surface area contributed by atoms with Crippen molar-refractivity contribution in [2.75, 3.05) is 5.32 Å². The Bertz CT molecular complexity index is 539. The van der Waals surface area contributed by atoms with Gasteiger partial charge in [-0.1, -0.05) is 11.6 Å². The number of alkyl halides is 3. The van der Waals surface area contributed by atoms with Crippen LogP contribution in [-0.4, -0.2) is 4.98 Å². The molecule has 0 fully saturated rings. The largest absolute Gasteiger partial charge is 0.416 e. The lowest BCUT2D eigenvalue weighted by molar-refractivity contribution is -0.137. The van der Waals surface area contributed by atoms with Gasteiger partial charge in [0, 0.05) is 11.1 Å². The summed E-state index contributed by atoms with van der Waals surface area (Å²) in [5.74, 6) is 0.189. The smallest absolute Gasteiger partial charge is 0.365 e. The van der Waals surface area contributed by atoms with Gasteiger partial charge in [0.1, 0.15) is 5.82 Å². The van der Waals surface area contributed by atoms with E-state index >= 15 is 0 Å². The fourth-order valence-corrected chi connectivity index (χ4v) is 2.36. The Kier molecular flexibility index (Phi) is 3.77. The number of hydrogen-bond donors (Lipinski definition) is 1. The zero-order valence-corrected chi connectivity index (χ0v) is 10.5. The molecule has 0 radical (unpaired) electrons. The Hall–Kier alpha value is -1.27. The molecule has 0 aromatic carbocycles. The molecule has 1 N–H and O–H groups in total. The highest BCUT2D eigenvalue weighted by Crippen LogP contribution is 2.30. The number of rotatable bonds is 3. The highest BCUT2D eigenvalue weighted by Gasteiger charge is 2.30. The lowest BCUT2D eigenvalue weighted by Gasteiger charge is -2.09. The van der Waals surface area contributed by atoms with Crippen molar-refractivity contribution in [1.82, 2.24) is 4.98 Å². The van der Waals surface area contributed by atoms with E-state index in [0.717, 1.165) is 23.2 Å². The molecule has 18 heavy (non-hydrogen) atoms. The molecule has 96 valence electrons. The van der Waals surface area contributed by atoms with Crippen molar-refractivity contribution in [2.24, 2.45) is 0 Å². The highest BCUT2D eigenvalue weighted by atomic mass is 35.5. The van der Waals surface area contributed by atoms with Gasteiger partial charge in [-0.05, 0) is 24.3 Å². The maximum Gasteiger partial charge on any atom is 0.416 e. The number of nitrogens with one attached hydrogen (secondary N) is 1. The Balaban J connectivity index is 2.06. The third kappa shape index (κ3) is 3.36. The first-order valence-electron chi connectivity index (χ1n) is 4.96. The van der Waals surface area contributed by atoms with E-state index in [9.17, 15) is 13.2 Å². The number of hydrogen-bond acceptors (Lipinski definition) is 3. The Labute approximate surface area is 110 Å². The second-order valence-electron chi connectivity index (χ2n) is 3.49. The Morgan fingerprint density at radius 1 is 1.28 bits per heavy atom. The number of halogens is 4. The normalized spacial score (nSPS) is 11.6. The van der Waals surface area contributed by atoms with Gasteiger partial charge in [-0.2, -0.15) is 13.2 Å². The van der Waals surface area contributed by atoms with Crippen LogP contribution in [0.1, 0.15) is 10.4 Å². The molecule has 2 nitrogen and oxygen atoms in total. The van der Waals surface area contributed by atoms with Crippen molar-refractivity contribution < 1.29 is 13.2 Å². The summed E-state index contributed by atoms with van der Waals surface area (Å²) in [4.78, 5) is 4.77. The highest BCUT2D eigenvalue weighted by molar-refractivity contribution is 7.16. The molecular formula is C11H8ClF3N2S. The molecule has 2 rings (SSSR count). The third-order valence-corrected chi connectivity index (χ3v) is 3.39. The standard InChI is InChI=1S/C11H8ClF3N2S/c12-9-2-1-8(18-9)6-17-10-5-7(3-4-16-10)11(13,14)15/h1-5H,6H2,(H,16,17). The number of aromatic nitrogens is 1. The molecule has 0 spiro atoms. The minimum Gasteiger partial charge on any atom is -0.365 e. The summed E-state index contributed by atoms with van der Waals surface area (Å²) in [5, 5.41) is 2.83. The van der Waals surface area contributed by atoms with Gasteiger partial charge in [-0.3, -0.25) is 0 Å². The number of pyridine rings is 1. The molecule has 7 heteroatoms. The number of nitrogens with zero attached hydrogens (tertiary/aromatic N) is 1. The van der Waals surface area contributed by atoms with Crippen LogP contribution in [-0.2, 0) is 12.7 Å². The molecule has 0 saturated carbocycles. The van der Waals surface area contributed by atoms with Crippen molar-refractivity contribution in [1.29, 1.82) is 0 Å². The Morgan fingerprint density at radius 3 is 2.67 bits per heavy atom. The van der Waals surface area contributed by atoms with Crippen LogP contribution in [0.2, 0.25) is 4.34 Å². The van der Waals surface area contributed by atoms with E-state index in [1.807, 2.05) is 6.07 Å². The lowest BCUT2D eigenvalue weighted by atomic mass is 10.2. The van der Waals surface area contributed by atoms with Gasteiger partial charge in [0.25, 0.3) is 0 Å². The monoisotopic (exact) mass is 292 g/mol. The van der Waals surface area contributed by atoms with Crippen LogP contribution in [0.4, 0.5) is 19.0 Å². The maximum atomic E-state index is 12.5. The molecule has 0 aliphatic heterocycles. The molecule has 2 heterocycles. The van der Waals surface area contributed by atoms with E-state index < -0.39 is 11.7 Å². The van der Waals surface area contributed by atoms with E-state index in [-0.39, 0.29) is 5.82 Å². The summed E-state index contributed by atoms with van der Waals surface area (Å²) in [5.41, 5.74) is -0.718. The summed E-state index contributed by atoms with van der Waals surface area (Å²) >= 11 is 7.12. The number of anilines is 1. The fraction of sp³-hybridized carbons (Fsp3) is 0.182. The second kappa shape index (κ2) is 5.16. The second-order valence-corrected chi connectivity index (χ2v) is 5.29. The summed E-state index contributed by atoms with van der Waals surface area (Å²) in [6, 6.07) is 5.47. The SMILES string of the molecule is FC(F)(F)c1ccnc(NCc2ccc(Cl)s2)c1. The molecule has 0 aliphatic carbocycles. The van der Waals surface area contributed by atoms with Crippen LogP contribution >= 0.6 is 22.9 Å². The van der Waals surface area contributed by atoms with Crippen LogP contribution in [0.5, 0.6) is 0 Å². The van der Waals surface area contributed by atoms with Gasteiger partial charge in [-0.15, -0.1) is 11.3 Å². The van der Waals surface area contributed by atoms with Gasteiger partial charge in [0.15, 0.2) is 0 Å². The summed E-state index contributed by atoms with van der Waals surface area (Å²) < 4.78 is 38.0. The summed E-state index contributed by atoms with van der Waals surface area (Å²) in [6.07, 6.45) is -3.22. The van der Waals surface area contributed by atoms with Crippen LogP contribution in [0.3, 0.4) is 0 Å². The first-order valence-corrected chi connectivity index (χ1v) is 6.16. The molecule has 0 bridgehead atoms. The van der Waals surface area contributed by atoms with Crippen molar-refractivity contribution in [3.05, 3.63) is 45.2 Å². The fourth-order valence-electron chi connectivity index (χ4n) is 1.33. The summed E-state index contributed by atoms with van der Waals surface area (Å²) in [6.45, 7) is 0.395. The van der Waals surface area contributed by atoms with E-state index in [2.05, 4.69) is 10.3 Å². The minimum atomic E-state index is -4.36. The zero-order chi connectivity index (χ0) is 13.2. The molecule has 0 atom stereocenters. The van der Waals surface area contributed by atoms with Gasteiger partial charge < -0.3 is 5.32 Å². The first kappa shape index (κ1) is 13.2. The predicted octanol–water partition coefficient (Wildman–Crippen LogP) is 4.43. The molecule has 0 amide bonds.